The maximum absolute atomic E-state index is 10.3. The Morgan fingerprint density at radius 2 is 2.29 bits per heavy atom. The fourth-order valence-corrected chi connectivity index (χ4v) is 1.87. The van der Waals surface area contributed by atoms with Gasteiger partial charge in [-0.2, -0.15) is 4.37 Å². The fourth-order valence-electron chi connectivity index (χ4n) is 1.26. The van der Waals surface area contributed by atoms with Gasteiger partial charge in [0.25, 0.3) is 0 Å². The molecule has 0 radical (unpaired) electrons. The van der Waals surface area contributed by atoms with Crippen LogP contribution in [0, 0.1) is 0 Å². The third kappa shape index (κ3) is 1.54. The van der Waals surface area contributed by atoms with Crippen molar-refractivity contribution in [2.45, 2.75) is 12.5 Å². The lowest BCUT2D eigenvalue weighted by Crippen LogP contribution is -2.23. The van der Waals surface area contributed by atoms with Crippen LogP contribution in [-0.4, -0.2) is 14.5 Å². The number of hydrogen-bond acceptors (Lipinski definition) is 4. The summed E-state index contributed by atoms with van der Waals surface area (Å²) in [6, 6.07) is 5.46. The van der Waals surface area contributed by atoms with Gasteiger partial charge < -0.3 is 5.11 Å². The highest BCUT2D eigenvalue weighted by Crippen LogP contribution is 2.27. The van der Waals surface area contributed by atoms with Gasteiger partial charge in [-0.1, -0.05) is 6.07 Å². The van der Waals surface area contributed by atoms with Gasteiger partial charge in [0.05, 0.1) is 5.69 Å². The van der Waals surface area contributed by atoms with E-state index < -0.39 is 5.60 Å². The molecule has 0 saturated heterocycles. The highest BCUT2D eigenvalue weighted by molar-refractivity contribution is 7.03. The summed E-state index contributed by atoms with van der Waals surface area (Å²) in [6.07, 6.45) is 3.33. The number of aliphatic hydroxyl groups is 1. The van der Waals surface area contributed by atoms with Crippen molar-refractivity contribution in [3.05, 3.63) is 47.2 Å². The number of aromatic nitrogens is 2. The van der Waals surface area contributed by atoms with Crippen LogP contribution in [0.4, 0.5) is 0 Å². The molecule has 0 amide bonds. The van der Waals surface area contributed by atoms with Gasteiger partial charge in [-0.15, -0.1) is 0 Å². The first-order chi connectivity index (χ1) is 6.71. The predicted octanol–water partition coefficient (Wildman–Crippen LogP) is 1.79. The van der Waals surface area contributed by atoms with Gasteiger partial charge in [0.2, 0.25) is 0 Å². The van der Waals surface area contributed by atoms with Crippen molar-refractivity contribution in [1.82, 2.24) is 9.36 Å². The first-order valence-corrected chi connectivity index (χ1v) is 5.08. The summed E-state index contributed by atoms with van der Waals surface area (Å²) in [7, 11) is 0. The summed E-state index contributed by atoms with van der Waals surface area (Å²) in [5, 5.41) is 12.1. The molecule has 4 heteroatoms. The lowest BCUT2D eigenvalue weighted by Gasteiger charge is -2.20. The Hall–Kier alpha value is -1.26. The molecule has 1 N–H and O–H groups in total. The average Bonchev–Trinajstić information content (AvgIpc) is 2.72. The van der Waals surface area contributed by atoms with Crippen molar-refractivity contribution in [1.29, 1.82) is 0 Å². The monoisotopic (exact) mass is 206 g/mol. The molecule has 14 heavy (non-hydrogen) atoms. The number of hydrogen-bond donors (Lipinski definition) is 1. The molecule has 0 aliphatic carbocycles. The van der Waals surface area contributed by atoms with Gasteiger partial charge in [-0.3, -0.25) is 4.98 Å². The van der Waals surface area contributed by atoms with E-state index >= 15 is 0 Å². The minimum atomic E-state index is -1.05. The SMILES string of the molecule is CC(O)(c1cccnc1)c1ccsn1. The van der Waals surface area contributed by atoms with Crippen molar-refractivity contribution in [3.63, 3.8) is 0 Å². The normalized spacial score (nSPS) is 15.0. The van der Waals surface area contributed by atoms with Crippen molar-refractivity contribution in [3.8, 4) is 0 Å². The molecule has 0 saturated carbocycles. The number of rotatable bonds is 2. The van der Waals surface area contributed by atoms with Crippen LogP contribution in [0.5, 0.6) is 0 Å². The molecule has 0 aromatic carbocycles. The third-order valence-electron chi connectivity index (χ3n) is 2.16. The molecule has 0 bridgehead atoms. The lowest BCUT2D eigenvalue weighted by molar-refractivity contribution is 0.0981. The van der Waals surface area contributed by atoms with E-state index in [0.717, 1.165) is 5.56 Å². The molecule has 0 fully saturated rings. The Kier molecular flexibility index (Phi) is 2.31. The van der Waals surface area contributed by atoms with E-state index in [4.69, 9.17) is 0 Å². The van der Waals surface area contributed by atoms with Crippen LogP contribution in [0.3, 0.4) is 0 Å². The van der Waals surface area contributed by atoms with Crippen LogP contribution in [-0.2, 0) is 5.60 Å². The molecule has 0 spiro atoms. The summed E-state index contributed by atoms with van der Waals surface area (Å²) >= 11 is 1.33. The minimum absolute atomic E-state index is 0.663. The summed E-state index contributed by atoms with van der Waals surface area (Å²) < 4.78 is 4.13. The molecule has 2 aromatic rings. The molecule has 3 nitrogen and oxygen atoms in total. The Labute approximate surface area is 86.2 Å². The first kappa shape index (κ1) is 9.30. The predicted molar refractivity (Wildman–Crippen MR) is 55.0 cm³/mol. The highest BCUT2D eigenvalue weighted by atomic mass is 32.1. The second kappa shape index (κ2) is 3.48. The zero-order chi connectivity index (χ0) is 10.0. The molecule has 2 aromatic heterocycles. The maximum atomic E-state index is 10.3. The summed E-state index contributed by atoms with van der Waals surface area (Å²) in [5.41, 5.74) is 0.371. The Bertz CT molecular complexity index is 397. The Balaban J connectivity index is 2.43. The van der Waals surface area contributed by atoms with Crippen molar-refractivity contribution >= 4 is 11.5 Å². The standard InChI is InChI=1S/C10H10N2OS/c1-10(13,9-4-6-14-12-9)8-3-2-5-11-7-8/h2-7,13H,1H3. The van der Waals surface area contributed by atoms with Crippen molar-refractivity contribution in [2.75, 3.05) is 0 Å². The Morgan fingerprint density at radius 3 is 2.86 bits per heavy atom. The third-order valence-corrected chi connectivity index (χ3v) is 2.72. The minimum Gasteiger partial charge on any atom is -0.379 e. The van der Waals surface area contributed by atoms with Crippen LogP contribution < -0.4 is 0 Å². The summed E-state index contributed by atoms with van der Waals surface area (Å²) in [5.74, 6) is 0. The van der Waals surface area contributed by atoms with Gasteiger partial charge in [-0.05, 0) is 30.6 Å². The molecular formula is C10H10N2OS. The largest absolute Gasteiger partial charge is 0.379 e. The van der Waals surface area contributed by atoms with Crippen LogP contribution in [0.25, 0.3) is 0 Å². The van der Waals surface area contributed by atoms with E-state index in [9.17, 15) is 5.11 Å². The smallest absolute Gasteiger partial charge is 0.131 e. The molecule has 72 valence electrons. The van der Waals surface area contributed by atoms with Crippen molar-refractivity contribution in [2.24, 2.45) is 0 Å². The van der Waals surface area contributed by atoms with Crippen LogP contribution >= 0.6 is 11.5 Å². The van der Waals surface area contributed by atoms with E-state index in [1.807, 2.05) is 17.5 Å². The molecule has 0 aliphatic heterocycles. The molecule has 2 heterocycles. The van der Waals surface area contributed by atoms with Gasteiger partial charge in [0, 0.05) is 23.3 Å². The first-order valence-electron chi connectivity index (χ1n) is 4.25. The van der Waals surface area contributed by atoms with Crippen LogP contribution in [0.15, 0.2) is 36.0 Å². The van der Waals surface area contributed by atoms with Gasteiger partial charge in [-0.25, -0.2) is 0 Å². The van der Waals surface area contributed by atoms with Crippen LogP contribution in [0.1, 0.15) is 18.2 Å². The summed E-state index contributed by atoms with van der Waals surface area (Å²) in [6.45, 7) is 1.72. The molecular weight excluding hydrogens is 196 g/mol. The van der Waals surface area contributed by atoms with E-state index in [1.165, 1.54) is 11.5 Å². The van der Waals surface area contributed by atoms with E-state index in [0.29, 0.717) is 5.69 Å². The number of nitrogens with zero attached hydrogens (tertiary/aromatic N) is 2. The average molecular weight is 206 g/mol. The second-order valence-corrected chi connectivity index (χ2v) is 3.86. The maximum Gasteiger partial charge on any atom is 0.131 e. The topological polar surface area (TPSA) is 46.0 Å². The van der Waals surface area contributed by atoms with E-state index in [2.05, 4.69) is 9.36 Å². The lowest BCUT2D eigenvalue weighted by atomic mass is 9.94. The van der Waals surface area contributed by atoms with Gasteiger partial charge >= 0.3 is 0 Å². The van der Waals surface area contributed by atoms with Gasteiger partial charge in [0.15, 0.2) is 0 Å². The van der Waals surface area contributed by atoms with Gasteiger partial charge in [0.1, 0.15) is 5.60 Å². The molecule has 1 unspecified atom stereocenters. The van der Waals surface area contributed by atoms with E-state index in [1.54, 1.807) is 25.4 Å². The fraction of sp³-hybridized carbons (Fsp3) is 0.200. The Morgan fingerprint density at radius 1 is 1.43 bits per heavy atom. The van der Waals surface area contributed by atoms with Crippen LogP contribution in [0.2, 0.25) is 0 Å². The zero-order valence-electron chi connectivity index (χ0n) is 7.71. The highest BCUT2D eigenvalue weighted by Gasteiger charge is 2.27. The molecule has 2 rings (SSSR count). The molecule has 0 aliphatic rings. The second-order valence-electron chi connectivity index (χ2n) is 3.20. The zero-order valence-corrected chi connectivity index (χ0v) is 8.53. The van der Waals surface area contributed by atoms with E-state index in [-0.39, 0.29) is 0 Å². The number of pyridine rings is 1. The summed E-state index contributed by atoms with van der Waals surface area (Å²) in [4.78, 5) is 3.98. The van der Waals surface area contributed by atoms with Crippen molar-refractivity contribution < 1.29 is 5.11 Å². The molecule has 1 atom stereocenters. The quantitative estimate of drug-likeness (QED) is 0.814.